The highest BCUT2D eigenvalue weighted by Gasteiger charge is 2.36. The van der Waals surface area contributed by atoms with E-state index in [1.807, 2.05) is 74.5 Å². The third-order valence-corrected chi connectivity index (χ3v) is 10.6. The summed E-state index contributed by atoms with van der Waals surface area (Å²) in [6, 6.07) is 17.5. The Labute approximate surface area is 266 Å². The lowest BCUT2D eigenvalue weighted by Crippen LogP contribution is -2.56. The SMILES string of the molecule is CC(C)C[C@H](O)[C@H](O)[C@H](CC1CCCCC1)NC(=O)[C@H](CC1CC1)NC(=O)[C@H](Cc1ccccc1)CS(=O)c1ccccc1. The lowest BCUT2D eigenvalue weighted by Gasteiger charge is -2.34. The zero-order chi connectivity index (χ0) is 31.5. The van der Waals surface area contributed by atoms with Crippen molar-refractivity contribution in [3.63, 3.8) is 0 Å². The van der Waals surface area contributed by atoms with Gasteiger partial charge in [0.15, 0.2) is 0 Å². The Bertz CT molecular complexity index is 1180. The van der Waals surface area contributed by atoms with Crippen LogP contribution in [0.4, 0.5) is 0 Å². The summed E-state index contributed by atoms with van der Waals surface area (Å²) in [5.41, 5.74) is 0.968. The number of nitrogens with one attached hydrogen (secondary N) is 2. The molecule has 0 bridgehead atoms. The van der Waals surface area contributed by atoms with Crippen LogP contribution < -0.4 is 10.6 Å². The van der Waals surface area contributed by atoms with Gasteiger partial charge in [0.25, 0.3) is 0 Å². The van der Waals surface area contributed by atoms with Gasteiger partial charge in [0, 0.05) is 10.6 Å². The fourth-order valence-corrected chi connectivity index (χ4v) is 7.71. The topological polar surface area (TPSA) is 116 Å². The Kier molecular flexibility index (Phi) is 13.4. The number of carbonyl (C=O) groups is 2. The first-order valence-electron chi connectivity index (χ1n) is 16.6. The Hall–Kier alpha value is -2.55. The first-order valence-corrected chi connectivity index (χ1v) is 18.0. The van der Waals surface area contributed by atoms with Gasteiger partial charge in [0.2, 0.25) is 11.8 Å². The number of hydrogen-bond donors (Lipinski definition) is 4. The molecule has 1 unspecified atom stereocenters. The van der Waals surface area contributed by atoms with E-state index in [0.29, 0.717) is 42.4 Å². The van der Waals surface area contributed by atoms with Gasteiger partial charge in [0.1, 0.15) is 12.1 Å². The van der Waals surface area contributed by atoms with Gasteiger partial charge in [-0.1, -0.05) is 107 Å². The Morgan fingerprint density at radius 3 is 2.05 bits per heavy atom. The van der Waals surface area contributed by atoms with Crippen LogP contribution in [-0.4, -0.2) is 56.3 Å². The molecule has 2 aromatic rings. The predicted molar refractivity (Wildman–Crippen MR) is 175 cm³/mol. The number of benzene rings is 2. The minimum Gasteiger partial charge on any atom is -0.390 e. The molecule has 0 heterocycles. The second-order valence-electron chi connectivity index (χ2n) is 13.5. The molecule has 2 fully saturated rings. The minimum atomic E-state index is -1.38. The summed E-state index contributed by atoms with van der Waals surface area (Å²) in [6.45, 7) is 4.01. The zero-order valence-electron chi connectivity index (χ0n) is 26.4. The molecule has 0 spiro atoms. The summed E-state index contributed by atoms with van der Waals surface area (Å²) < 4.78 is 13.3. The minimum absolute atomic E-state index is 0.146. The normalized spacial score (nSPS) is 19.8. The van der Waals surface area contributed by atoms with Crippen molar-refractivity contribution in [2.45, 2.75) is 114 Å². The van der Waals surface area contributed by atoms with Gasteiger partial charge in [-0.15, -0.1) is 0 Å². The number of rotatable bonds is 17. The van der Waals surface area contributed by atoms with Crippen LogP contribution in [-0.2, 0) is 26.8 Å². The van der Waals surface area contributed by atoms with Crippen LogP contribution in [0.5, 0.6) is 0 Å². The van der Waals surface area contributed by atoms with Gasteiger partial charge in [0.05, 0.1) is 28.9 Å². The maximum absolute atomic E-state index is 13.9. The van der Waals surface area contributed by atoms with E-state index < -0.39 is 41.0 Å². The van der Waals surface area contributed by atoms with Crippen LogP contribution >= 0.6 is 0 Å². The summed E-state index contributed by atoms with van der Waals surface area (Å²) in [4.78, 5) is 28.4. The van der Waals surface area contributed by atoms with Crippen molar-refractivity contribution in [1.82, 2.24) is 10.6 Å². The molecular formula is C36H52N2O5S. The van der Waals surface area contributed by atoms with E-state index in [2.05, 4.69) is 10.6 Å². The molecule has 6 atom stereocenters. The standard InChI is InChI=1S/C36H52N2O5S/c1-25(2)20-33(39)34(40)31(22-27-14-8-4-9-15-27)37-36(42)32(23-28-18-19-28)38-35(41)29(21-26-12-6-3-7-13-26)24-44(43)30-16-10-5-11-17-30/h3,5-7,10-13,16-17,25,27-29,31-34,39-40H,4,8-9,14-15,18-24H2,1-2H3,(H,37,42)(H,38,41)/t29-,31+,32+,33+,34-,44?/m1/s1. The van der Waals surface area contributed by atoms with Crippen molar-refractivity contribution in [2.24, 2.45) is 23.7 Å². The first kappa shape index (κ1) is 34.3. The molecular weight excluding hydrogens is 572 g/mol. The van der Waals surface area contributed by atoms with E-state index in [-0.39, 0.29) is 23.5 Å². The van der Waals surface area contributed by atoms with Crippen molar-refractivity contribution in [3.05, 3.63) is 66.2 Å². The summed E-state index contributed by atoms with van der Waals surface area (Å²) >= 11 is 0. The molecule has 0 radical (unpaired) electrons. The lowest BCUT2D eigenvalue weighted by atomic mass is 9.82. The van der Waals surface area contributed by atoms with Crippen LogP contribution in [0.3, 0.4) is 0 Å². The van der Waals surface area contributed by atoms with Gasteiger partial charge < -0.3 is 20.8 Å². The highest BCUT2D eigenvalue weighted by atomic mass is 32.2. The van der Waals surface area contributed by atoms with E-state index in [1.165, 1.54) is 6.42 Å². The van der Waals surface area contributed by atoms with Crippen LogP contribution in [0.25, 0.3) is 0 Å². The molecule has 4 N–H and O–H groups in total. The summed E-state index contributed by atoms with van der Waals surface area (Å²) in [7, 11) is -1.38. The molecule has 4 rings (SSSR count). The van der Waals surface area contributed by atoms with Crippen molar-refractivity contribution in [1.29, 1.82) is 0 Å². The average Bonchev–Trinajstić information content (AvgIpc) is 3.85. The van der Waals surface area contributed by atoms with E-state index in [0.717, 1.165) is 44.1 Å². The quantitative estimate of drug-likeness (QED) is 0.194. The average molecular weight is 625 g/mol. The molecule has 0 aromatic heterocycles. The van der Waals surface area contributed by atoms with E-state index >= 15 is 0 Å². The maximum Gasteiger partial charge on any atom is 0.242 e. The highest BCUT2D eigenvalue weighted by molar-refractivity contribution is 7.85. The molecule has 8 heteroatoms. The number of aliphatic hydroxyl groups excluding tert-OH is 2. The van der Waals surface area contributed by atoms with Gasteiger partial charge >= 0.3 is 0 Å². The molecule has 2 aromatic carbocycles. The fraction of sp³-hybridized carbons (Fsp3) is 0.611. The third-order valence-electron chi connectivity index (χ3n) is 9.11. The van der Waals surface area contributed by atoms with Crippen molar-refractivity contribution >= 4 is 22.6 Å². The van der Waals surface area contributed by atoms with Crippen molar-refractivity contribution in [2.75, 3.05) is 5.75 Å². The van der Waals surface area contributed by atoms with E-state index in [9.17, 15) is 24.0 Å². The molecule has 242 valence electrons. The van der Waals surface area contributed by atoms with Crippen LogP contribution in [0.1, 0.15) is 83.6 Å². The Morgan fingerprint density at radius 1 is 0.818 bits per heavy atom. The summed E-state index contributed by atoms with van der Waals surface area (Å²) in [5, 5.41) is 28.2. The number of amides is 2. The van der Waals surface area contributed by atoms with Crippen molar-refractivity contribution in [3.8, 4) is 0 Å². The molecule has 44 heavy (non-hydrogen) atoms. The molecule has 0 saturated heterocycles. The summed E-state index contributed by atoms with van der Waals surface area (Å²) in [6.07, 6.45) is 7.61. The first-order chi connectivity index (χ1) is 21.2. The second-order valence-corrected chi connectivity index (χ2v) is 15.0. The number of hydrogen-bond acceptors (Lipinski definition) is 5. The predicted octanol–water partition coefficient (Wildman–Crippen LogP) is 5.16. The van der Waals surface area contributed by atoms with Gasteiger partial charge in [-0.2, -0.15) is 0 Å². The molecule has 0 aliphatic heterocycles. The van der Waals surface area contributed by atoms with Gasteiger partial charge in [-0.25, -0.2) is 0 Å². The molecule has 7 nitrogen and oxygen atoms in total. The van der Waals surface area contributed by atoms with E-state index in [4.69, 9.17) is 0 Å². The monoisotopic (exact) mass is 624 g/mol. The molecule has 2 aliphatic carbocycles. The van der Waals surface area contributed by atoms with Gasteiger partial charge in [-0.3, -0.25) is 13.8 Å². The second kappa shape index (κ2) is 17.2. The van der Waals surface area contributed by atoms with Gasteiger partial charge in [-0.05, 0) is 61.1 Å². The zero-order valence-corrected chi connectivity index (χ0v) is 27.2. The molecule has 2 aliphatic rings. The van der Waals surface area contributed by atoms with E-state index in [1.54, 1.807) is 0 Å². The third kappa shape index (κ3) is 11.1. The van der Waals surface area contributed by atoms with Crippen molar-refractivity contribution < 1.29 is 24.0 Å². The maximum atomic E-state index is 13.9. The number of carbonyl (C=O) groups excluding carboxylic acids is 2. The number of aliphatic hydroxyl groups is 2. The molecule has 2 saturated carbocycles. The molecule has 2 amide bonds. The van der Waals surface area contributed by atoms with Crippen LogP contribution in [0.2, 0.25) is 0 Å². The Morgan fingerprint density at radius 2 is 1.43 bits per heavy atom. The Balaban J connectivity index is 1.50. The van der Waals surface area contributed by atoms with Crippen LogP contribution in [0, 0.1) is 23.7 Å². The largest absolute Gasteiger partial charge is 0.390 e. The van der Waals surface area contributed by atoms with Crippen LogP contribution in [0.15, 0.2) is 65.6 Å². The highest BCUT2D eigenvalue weighted by Crippen LogP contribution is 2.34. The lowest BCUT2D eigenvalue weighted by molar-refractivity contribution is -0.132. The fourth-order valence-electron chi connectivity index (χ4n) is 6.42. The summed E-state index contributed by atoms with van der Waals surface area (Å²) in [5.74, 6) is -0.0972. The smallest absolute Gasteiger partial charge is 0.242 e.